The van der Waals surface area contributed by atoms with Crippen LogP contribution in [-0.2, 0) is 10.1 Å². The third-order valence-corrected chi connectivity index (χ3v) is 2.83. The summed E-state index contributed by atoms with van der Waals surface area (Å²) in [6, 6.07) is 3.26. The van der Waals surface area contributed by atoms with E-state index in [2.05, 4.69) is 20.7 Å². The number of halogens is 2. The van der Waals surface area contributed by atoms with Crippen LogP contribution in [0.1, 0.15) is 15.9 Å². The van der Waals surface area contributed by atoms with Crippen molar-refractivity contribution in [1.29, 1.82) is 0 Å². The highest BCUT2D eigenvalue weighted by Crippen LogP contribution is 2.29. The number of carbonyl (C=O) groups excluding carboxylic acids is 1. The summed E-state index contributed by atoms with van der Waals surface area (Å²) in [6.45, 7) is 0. The molecule has 0 aliphatic heterocycles. The Morgan fingerprint density at radius 3 is 2.60 bits per heavy atom. The van der Waals surface area contributed by atoms with Crippen LogP contribution >= 0.6 is 27.5 Å². The van der Waals surface area contributed by atoms with Crippen LogP contribution in [0.4, 0.5) is 0 Å². The van der Waals surface area contributed by atoms with E-state index in [0.717, 1.165) is 5.56 Å². The van der Waals surface area contributed by atoms with E-state index in [4.69, 9.17) is 16.3 Å². The van der Waals surface area contributed by atoms with Crippen LogP contribution in [0.5, 0.6) is 5.75 Å². The Balaban J connectivity index is 3.28. The van der Waals surface area contributed by atoms with Gasteiger partial charge < -0.3 is 9.47 Å². The molecule has 0 saturated heterocycles. The van der Waals surface area contributed by atoms with E-state index in [1.54, 1.807) is 12.1 Å². The van der Waals surface area contributed by atoms with Gasteiger partial charge in [0.1, 0.15) is 5.75 Å². The van der Waals surface area contributed by atoms with Gasteiger partial charge in [-0.25, -0.2) is 4.79 Å². The largest absolute Gasteiger partial charge is 0.495 e. The lowest BCUT2D eigenvalue weighted by atomic mass is 10.1. The molecule has 82 valence electrons. The lowest BCUT2D eigenvalue weighted by Gasteiger charge is -2.09. The first-order chi connectivity index (χ1) is 7.13. The minimum Gasteiger partial charge on any atom is -0.495 e. The summed E-state index contributed by atoms with van der Waals surface area (Å²) in [6.07, 6.45) is 0. The second-order valence-electron chi connectivity index (χ2n) is 2.77. The average Bonchev–Trinajstić information content (AvgIpc) is 2.27. The zero-order chi connectivity index (χ0) is 11.4. The Bertz CT molecular complexity index is 379. The molecule has 15 heavy (non-hydrogen) atoms. The van der Waals surface area contributed by atoms with Gasteiger partial charge in [0, 0.05) is 5.33 Å². The molecule has 1 rings (SSSR count). The molecule has 0 amide bonds. The molecule has 0 radical (unpaired) electrons. The first-order valence-electron chi connectivity index (χ1n) is 4.14. The summed E-state index contributed by atoms with van der Waals surface area (Å²) in [5.41, 5.74) is 1.23. The Morgan fingerprint density at radius 2 is 2.13 bits per heavy atom. The van der Waals surface area contributed by atoms with Gasteiger partial charge in [0.15, 0.2) is 0 Å². The second kappa shape index (κ2) is 5.37. The monoisotopic (exact) mass is 292 g/mol. The molecule has 0 aliphatic carbocycles. The highest BCUT2D eigenvalue weighted by atomic mass is 79.9. The van der Waals surface area contributed by atoms with Gasteiger partial charge in [-0.15, -0.1) is 0 Å². The van der Waals surface area contributed by atoms with E-state index in [1.165, 1.54) is 14.2 Å². The fraction of sp³-hybridized carbons (Fsp3) is 0.300. The molecule has 5 heteroatoms. The van der Waals surface area contributed by atoms with Gasteiger partial charge in [-0.2, -0.15) is 0 Å². The summed E-state index contributed by atoms with van der Waals surface area (Å²) in [5.74, 6) is 0.0567. The number of hydrogen-bond donors (Lipinski definition) is 0. The number of ether oxygens (including phenoxy) is 2. The van der Waals surface area contributed by atoms with Crippen LogP contribution in [0.25, 0.3) is 0 Å². The van der Waals surface area contributed by atoms with Gasteiger partial charge in [0.2, 0.25) is 0 Å². The predicted molar refractivity (Wildman–Crippen MR) is 62.0 cm³/mol. The van der Waals surface area contributed by atoms with E-state index < -0.39 is 5.97 Å². The van der Waals surface area contributed by atoms with Crippen molar-refractivity contribution in [2.75, 3.05) is 14.2 Å². The molecule has 0 N–H and O–H groups in total. The van der Waals surface area contributed by atoms with Crippen LogP contribution in [0.3, 0.4) is 0 Å². The van der Waals surface area contributed by atoms with Crippen molar-refractivity contribution in [3.63, 3.8) is 0 Å². The van der Waals surface area contributed by atoms with Gasteiger partial charge in [-0.1, -0.05) is 27.5 Å². The fourth-order valence-electron chi connectivity index (χ4n) is 1.16. The first-order valence-corrected chi connectivity index (χ1v) is 5.64. The lowest BCUT2D eigenvalue weighted by Crippen LogP contribution is -2.05. The van der Waals surface area contributed by atoms with E-state index in [1.807, 2.05) is 0 Å². The number of esters is 1. The molecule has 0 unspecified atom stereocenters. The molecule has 0 atom stereocenters. The van der Waals surface area contributed by atoms with E-state index in [0.29, 0.717) is 21.7 Å². The third kappa shape index (κ3) is 2.63. The zero-order valence-corrected chi connectivity index (χ0v) is 10.7. The molecule has 1 aromatic rings. The van der Waals surface area contributed by atoms with Crippen LogP contribution in [0, 0.1) is 0 Å². The van der Waals surface area contributed by atoms with Gasteiger partial charge in [-0.05, 0) is 17.7 Å². The quantitative estimate of drug-likeness (QED) is 0.635. The minimum absolute atomic E-state index is 0.403. The Hall–Kier alpha value is -0.740. The predicted octanol–water partition coefficient (Wildman–Crippen LogP) is 3.03. The smallest absolute Gasteiger partial charge is 0.338 e. The highest BCUT2D eigenvalue weighted by molar-refractivity contribution is 9.08. The molecule has 0 bridgehead atoms. The van der Waals surface area contributed by atoms with Crippen molar-refractivity contribution in [2.45, 2.75) is 5.33 Å². The SMILES string of the molecule is COC(=O)c1cc(OC)c(Cl)cc1CBr. The van der Waals surface area contributed by atoms with Crippen molar-refractivity contribution in [2.24, 2.45) is 0 Å². The van der Waals surface area contributed by atoms with Crippen LogP contribution in [0.15, 0.2) is 12.1 Å². The molecule has 3 nitrogen and oxygen atoms in total. The molecular weight excluding hydrogens is 283 g/mol. The maximum Gasteiger partial charge on any atom is 0.338 e. The number of rotatable bonds is 3. The van der Waals surface area contributed by atoms with Crippen LogP contribution in [-0.4, -0.2) is 20.2 Å². The fourth-order valence-corrected chi connectivity index (χ4v) is 1.89. The lowest BCUT2D eigenvalue weighted by molar-refractivity contribution is 0.0599. The number of methoxy groups -OCH3 is 2. The summed E-state index contributed by atoms with van der Waals surface area (Å²) < 4.78 is 9.68. The Kier molecular flexibility index (Phi) is 4.42. The van der Waals surface area contributed by atoms with E-state index in [9.17, 15) is 4.79 Å². The number of benzene rings is 1. The zero-order valence-electron chi connectivity index (χ0n) is 8.34. The van der Waals surface area contributed by atoms with Crippen molar-refractivity contribution >= 4 is 33.5 Å². The number of carbonyl (C=O) groups is 1. The van der Waals surface area contributed by atoms with Crippen LogP contribution in [0.2, 0.25) is 5.02 Å². The molecule has 0 saturated carbocycles. The Morgan fingerprint density at radius 1 is 1.47 bits per heavy atom. The van der Waals surface area contributed by atoms with Gasteiger partial charge in [0.05, 0.1) is 24.8 Å². The molecule has 0 heterocycles. The number of alkyl halides is 1. The molecule has 0 fully saturated rings. The second-order valence-corrected chi connectivity index (χ2v) is 3.74. The molecular formula is C10H10BrClO3. The summed E-state index contributed by atoms with van der Waals surface area (Å²) in [4.78, 5) is 11.4. The maximum atomic E-state index is 11.4. The van der Waals surface area contributed by atoms with E-state index in [-0.39, 0.29) is 0 Å². The maximum absolute atomic E-state index is 11.4. The minimum atomic E-state index is -0.403. The van der Waals surface area contributed by atoms with Gasteiger partial charge in [-0.3, -0.25) is 0 Å². The number of hydrogen-bond acceptors (Lipinski definition) is 3. The van der Waals surface area contributed by atoms with Crippen molar-refractivity contribution in [3.05, 3.63) is 28.3 Å². The van der Waals surface area contributed by atoms with Gasteiger partial charge in [0.25, 0.3) is 0 Å². The van der Waals surface area contributed by atoms with Crippen LogP contribution < -0.4 is 4.74 Å². The molecule has 0 aliphatic rings. The summed E-state index contributed by atoms with van der Waals surface area (Å²) >= 11 is 9.21. The van der Waals surface area contributed by atoms with Crippen molar-refractivity contribution < 1.29 is 14.3 Å². The summed E-state index contributed by atoms with van der Waals surface area (Å²) in [5, 5.41) is 1.00. The first kappa shape index (κ1) is 12.3. The Labute approximate surface area is 101 Å². The topological polar surface area (TPSA) is 35.5 Å². The van der Waals surface area contributed by atoms with Crippen molar-refractivity contribution in [1.82, 2.24) is 0 Å². The molecule has 0 spiro atoms. The van der Waals surface area contributed by atoms with E-state index >= 15 is 0 Å². The average molecular weight is 294 g/mol. The standard InChI is InChI=1S/C10H10BrClO3/c1-14-9-4-7(10(13)15-2)6(5-11)3-8(9)12/h3-4H,5H2,1-2H3. The normalized spacial score (nSPS) is 9.87. The third-order valence-electron chi connectivity index (χ3n) is 1.93. The molecule has 0 aromatic heterocycles. The molecule has 1 aromatic carbocycles. The highest BCUT2D eigenvalue weighted by Gasteiger charge is 2.15. The van der Waals surface area contributed by atoms with Crippen molar-refractivity contribution in [3.8, 4) is 5.75 Å². The summed E-state index contributed by atoms with van der Waals surface area (Å²) in [7, 11) is 2.83. The van der Waals surface area contributed by atoms with Gasteiger partial charge >= 0.3 is 5.97 Å².